The van der Waals surface area contributed by atoms with Crippen molar-refractivity contribution in [2.75, 3.05) is 26.8 Å². The average molecular weight is 201 g/mol. The van der Waals surface area contributed by atoms with Crippen LogP contribution >= 0.6 is 0 Å². The first-order chi connectivity index (χ1) is 6.64. The highest BCUT2D eigenvalue weighted by Gasteiger charge is 2.21. The summed E-state index contributed by atoms with van der Waals surface area (Å²) in [5.74, 6) is 0. The maximum Gasteiger partial charge on any atom is 0.0808 e. The highest BCUT2D eigenvalue weighted by atomic mass is 16.5. The van der Waals surface area contributed by atoms with E-state index in [1.54, 1.807) is 0 Å². The molecular formula is C11H23NO2. The zero-order valence-corrected chi connectivity index (χ0v) is 9.64. The van der Waals surface area contributed by atoms with E-state index in [-0.39, 0.29) is 5.60 Å². The molecule has 1 rings (SSSR count). The molecule has 1 heterocycles. The van der Waals surface area contributed by atoms with Crippen molar-refractivity contribution in [1.82, 2.24) is 5.32 Å². The van der Waals surface area contributed by atoms with E-state index in [0.29, 0.717) is 6.10 Å². The van der Waals surface area contributed by atoms with Gasteiger partial charge in [0.2, 0.25) is 0 Å². The second-order valence-corrected chi connectivity index (χ2v) is 4.59. The van der Waals surface area contributed by atoms with Crippen LogP contribution in [0.15, 0.2) is 0 Å². The van der Waals surface area contributed by atoms with Gasteiger partial charge in [0.1, 0.15) is 0 Å². The summed E-state index contributed by atoms with van der Waals surface area (Å²) >= 11 is 0. The minimum absolute atomic E-state index is 0.0877. The van der Waals surface area contributed by atoms with Gasteiger partial charge in [-0.05, 0) is 40.2 Å². The van der Waals surface area contributed by atoms with Gasteiger partial charge in [-0.15, -0.1) is 0 Å². The summed E-state index contributed by atoms with van der Waals surface area (Å²) in [6.45, 7) is 6.72. The fraction of sp³-hybridized carbons (Fsp3) is 1.00. The molecule has 84 valence electrons. The number of ether oxygens (including phenoxy) is 2. The molecule has 0 aromatic rings. The zero-order chi connectivity index (χ0) is 10.4. The third-order valence-corrected chi connectivity index (χ3v) is 2.54. The molecule has 1 fully saturated rings. The lowest BCUT2D eigenvalue weighted by molar-refractivity contribution is -0.0914. The number of likely N-dealkylation sites (N-methyl/N-ethyl adjacent to an activating group) is 1. The SMILES string of the molecule is CNCC(C)(C)OCC1CCCCO1. The Morgan fingerprint density at radius 1 is 1.43 bits per heavy atom. The van der Waals surface area contributed by atoms with Gasteiger partial charge in [0.25, 0.3) is 0 Å². The molecule has 3 heteroatoms. The van der Waals surface area contributed by atoms with Gasteiger partial charge in [-0.25, -0.2) is 0 Å². The predicted octanol–water partition coefficient (Wildman–Crippen LogP) is 1.57. The number of hydrogen-bond donors (Lipinski definition) is 1. The van der Waals surface area contributed by atoms with Gasteiger partial charge in [0, 0.05) is 13.2 Å². The largest absolute Gasteiger partial charge is 0.376 e. The molecule has 1 N–H and O–H groups in total. The minimum atomic E-state index is -0.0877. The van der Waals surface area contributed by atoms with Crippen molar-refractivity contribution < 1.29 is 9.47 Å². The van der Waals surface area contributed by atoms with E-state index in [2.05, 4.69) is 19.2 Å². The molecular weight excluding hydrogens is 178 g/mol. The van der Waals surface area contributed by atoms with E-state index in [1.807, 2.05) is 7.05 Å². The Bertz CT molecular complexity index is 153. The number of rotatable bonds is 5. The van der Waals surface area contributed by atoms with Crippen LogP contribution in [0.4, 0.5) is 0 Å². The summed E-state index contributed by atoms with van der Waals surface area (Å²) < 4.78 is 11.4. The van der Waals surface area contributed by atoms with Gasteiger partial charge in [-0.3, -0.25) is 0 Å². The van der Waals surface area contributed by atoms with Crippen LogP contribution in [-0.4, -0.2) is 38.5 Å². The molecule has 0 spiro atoms. The van der Waals surface area contributed by atoms with E-state index in [9.17, 15) is 0 Å². The van der Waals surface area contributed by atoms with E-state index >= 15 is 0 Å². The van der Waals surface area contributed by atoms with Crippen LogP contribution in [0.5, 0.6) is 0 Å². The van der Waals surface area contributed by atoms with E-state index in [0.717, 1.165) is 26.2 Å². The molecule has 0 amide bonds. The maximum atomic E-state index is 5.82. The van der Waals surface area contributed by atoms with Crippen molar-refractivity contribution >= 4 is 0 Å². The second kappa shape index (κ2) is 5.69. The fourth-order valence-electron chi connectivity index (χ4n) is 1.73. The van der Waals surface area contributed by atoms with Crippen molar-refractivity contribution in [3.05, 3.63) is 0 Å². The Balaban J connectivity index is 2.17. The lowest BCUT2D eigenvalue weighted by Gasteiger charge is -2.29. The lowest BCUT2D eigenvalue weighted by Crippen LogP contribution is -2.39. The van der Waals surface area contributed by atoms with Crippen LogP contribution in [0, 0.1) is 0 Å². The van der Waals surface area contributed by atoms with Gasteiger partial charge in [0.05, 0.1) is 18.3 Å². The van der Waals surface area contributed by atoms with Gasteiger partial charge in [-0.1, -0.05) is 0 Å². The first-order valence-corrected chi connectivity index (χ1v) is 5.54. The van der Waals surface area contributed by atoms with E-state index < -0.39 is 0 Å². The molecule has 0 aromatic heterocycles. The van der Waals surface area contributed by atoms with Crippen LogP contribution in [0.2, 0.25) is 0 Å². The van der Waals surface area contributed by atoms with Crippen molar-refractivity contribution in [3.8, 4) is 0 Å². The van der Waals surface area contributed by atoms with Gasteiger partial charge < -0.3 is 14.8 Å². The van der Waals surface area contributed by atoms with Crippen LogP contribution in [0.25, 0.3) is 0 Å². The molecule has 1 unspecified atom stereocenters. The molecule has 1 atom stereocenters. The molecule has 3 nitrogen and oxygen atoms in total. The van der Waals surface area contributed by atoms with Crippen LogP contribution in [-0.2, 0) is 9.47 Å². The van der Waals surface area contributed by atoms with Crippen LogP contribution in [0.1, 0.15) is 33.1 Å². The van der Waals surface area contributed by atoms with Crippen molar-refractivity contribution in [2.24, 2.45) is 0 Å². The molecule has 0 radical (unpaired) electrons. The number of nitrogens with one attached hydrogen (secondary N) is 1. The predicted molar refractivity (Wildman–Crippen MR) is 57.5 cm³/mol. The summed E-state index contributed by atoms with van der Waals surface area (Å²) in [7, 11) is 1.95. The molecule has 14 heavy (non-hydrogen) atoms. The van der Waals surface area contributed by atoms with Gasteiger partial charge in [-0.2, -0.15) is 0 Å². The van der Waals surface area contributed by atoms with Crippen molar-refractivity contribution in [2.45, 2.75) is 44.8 Å². The third kappa shape index (κ3) is 4.40. The van der Waals surface area contributed by atoms with E-state index in [4.69, 9.17) is 9.47 Å². The Hall–Kier alpha value is -0.120. The summed E-state index contributed by atoms with van der Waals surface area (Å²) in [6, 6.07) is 0. The molecule has 1 aliphatic rings. The lowest BCUT2D eigenvalue weighted by atomic mass is 10.1. The molecule has 0 bridgehead atoms. The van der Waals surface area contributed by atoms with Crippen LogP contribution < -0.4 is 5.32 Å². The molecule has 0 saturated carbocycles. The van der Waals surface area contributed by atoms with Gasteiger partial charge >= 0.3 is 0 Å². The summed E-state index contributed by atoms with van der Waals surface area (Å²) in [5.41, 5.74) is -0.0877. The molecule has 1 aliphatic heterocycles. The second-order valence-electron chi connectivity index (χ2n) is 4.59. The molecule has 0 aliphatic carbocycles. The topological polar surface area (TPSA) is 30.5 Å². The Labute approximate surface area is 87.2 Å². The Morgan fingerprint density at radius 2 is 2.21 bits per heavy atom. The Morgan fingerprint density at radius 3 is 2.79 bits per heavy atom. The summed E-state index contributed by atoms with van der Waals surface area (Å²) in [4.78, 5) is 0. The normalized spacial score (nSPS) is 23.8. The quantitative estimate of drug-likeness (QED) is 0.732. The fourth-order valence-corrected chi connectivity index (χ4v) is 1.73. The standard InChI is InChI=1S/C11H23NO2/c1-11(2,9-12-3)14-8-10-6-4-5-7-13-10/h10,12H,4-9H2,1-3H3. The maximum absolute atomic E-state index is 5.82. The monoisotopic (exact) mass is 201 g/mol. The minimum Gasteiger partial charge on any atom is -0.376 e. The highest BCUT2D eigenvalue weighted by molar-refractivity contribution is 4.72. The van der Waals surface area contributed by atoms with Crippen molar-refractivity contribution in [3.63, 3.8) is 0 Å². The van der Waals surface area contributed by atoms with Gasteiger partial charge in [0.15, 0.2) is 0 Å². The first-order valence-electron chi connectivity index (χ1n) is 5.54. The number of hydrogen-bond acceptors (Lipinski definition) is 3. The highest BCUT2D eigenvalue weighted by Crippen LogP contribution is 2.16. The third-order valence-electron chi connectivity index (χ3n) is 2.54. The summed E-state index contributed by atoms with van der Waals surface area (Å²) in [6.07, 6.45) is 3.95. The molecule has 0 aromatic carbocycles. The Kier molecular flexibility index (Phi) is 4.85. The van der Waals surface area contributed by atoms with Crippen LogP contribution in [0.3, 0.4) is 0 Å². The smallest absolute Gasteiger partial charge is 0.0808 e. The zero-order valence-electron chi connectivity index (χ0n) is 9.64. The van der Waals surface area contributed by atoms with E-state index in [1.165, 1.54) is 12.8 Å². The first kappa shape index (κ1) is 12.0. The summed E-state index contributed by atoms with van der Waals surface area (Å²) in [5, 5.41) is 3.13. The molecule has 1 saturated heterocycles. The van der Waals surface area contributed by atoms with Crippen molar-refractivity contribution in [1.29, 1.82) is 0 Å². The average Bonchev–Trinajstić information content (AvgIpc) is 2.17.